The highest BCUT2D eigenvalue weighted by Gasteiger charge is 2.11. The average Bonchev–Trinajstić information content (AvgIpc) is 2.33. The molecule has 0 radical (unpaired) electrons. The normalized spacial score (nSPS) is 12.5. The van der Waals surface area contributed by atoms with Gasteiger partial charge in [-0.05, 0) is 49.1 Å². The smallest absolute Gasteiger partial charge is 0.159 e. The minimum Gasteiger partial charge on any atom is -0.324 e. The van der Waals surface area contributed by atoms with Crippen LogP contribution in [0.1, 0.15) is 28.3 Å². The van der Waals surface area contributed by atoms with E-state index < -0.39 is 11.6 Å². The molecule has 100 valence electrons. The summed E-state index contributed by atoms with van der Waals surface area (Å²) in [5.41, 5.74) is 10.2. The quantitative estimate of drug-likeness (QED) is 0.893. The summed E-state index contributed by atoms with van der Waals surface area (Å²) in [4.78, 5) is 0. The van der Waals surface area contributed by atoms with Gasteiger partial charge in [0.1, 0.15) is 0 Å². The Hall–Kier alpha value is -1.74. The van der Waals surface area contributed by atoms with Crippen LogP contribution in [0.2, 0.25) is 0 Å². The second-order valence-electron chi connectivity index (χ2n) is 4.92. The number of hydrogen-bond donors (Lipinski definition) is 1. The topological polar surface area (TPSA) is 26.0 Å². The van der Waals surface area contributed by atoms with Gasteiger partial charge in [0.2, 0.25) is 0 Å². The Bertz CT molecular complexity index is 593. The van der Waals surface area contributed by atoms with Crippen LogP contribution in [0.3, 0.4) is 0 Å². The van der Waals surface area contributed by atoms with Crippen molar-refractivity contribution >= 4 is 0 Å². The van der Waals surface area contributed by atoms with Crippen molar-refractivity contribution in [1.29, 1.82) is 0 Å². The largest absolute Gasteiger partial charge is 0.324 e. The first-order valence-electron chi connectivity index (χ1n) is 6.24. The predicted molar refractivity (Wildman–Crippen MR) is 72.9 cm³/mol. The molecule has 2 N–H and O–H groups in total. The maximum atomic E-state index is 13.1. The van der Waals surface area contributed by atoms with Crippen molar-refractivity contribution in [3.05, 3.63) is 70.3 Å². The molecule has 2 aromatic carbocycles. The Labute approximate surface area is 112 Å². The first kappa shape index (κ1) is 13.7. The Kier molecular flexibility index (Phi) is 3.96. The third-order valence-corrected chi connectivity index (χ3v) is 3.26. The third kappa shape index (κ3) is 3.18. The number of nitrogens with two attached hydrogens (primary N) is 1. The molecule has 0 saturated carbocycles. The van der Waals surface area contributed by atoms with Gasteiger partial charge in [-0.1, -0.05) is 29.8 Å². The molecule has 0 bridgehead atoms. The molecule has 0 aliphatic rings. The van der Waals surface area contributed by atoms with Crippen molar-refractivity contribution in [2.24, 2.45) is 5.73 Å². The fraction of sp³-hybridized carbons (Fsp3) is 0.250. The van der Waals surface area contributed by atoms with Crippen LogP contribution in [0.15, 0.2) is 36.4 Å². The summed E-state index contributed by atoms with van der Waals surface area (Å²) in [5, 5.41) is 0. The lowest BCUT2D eigenvalue weighted by Crippen LogP contribution is -2.15. The van der Waals surface area contributed by atoms with Crippen molar-refractivity contribution in [3.63, 3.8) is 0 Å². The van der Waals surface area contributed by atoms with E-state index in [0.29, 0.717) is 12.0 Å². The summed E-state index contributed by atoms with van der Waals surface area (Å²) in [6.45, 7) is 4.03. The molecule has 0 amide bonds. The number of hydrogen-bond acceptors (Lipinski definition) is 1. The molecule has 1 unspecified atom stereocenters. The molecular weight excluding hydrogens is 244 g/mol. The third-order valence-electron chi connectivity index (χ3n) is 3.26. The van der Waals surface area contributed by atoms with Gasteiger partial charge in [-0.2, -0.15) is 0 Å². The summed E-state index contributed by atoms with van der Waals surface area (Å²) >= 11 is 0. The summed E-state index contributed by atoms with van der Waals surface area (Å²) in [6, 6.07) is 9.77. The zero-order valence-corrected chi connectivity index (χ0v) is 11.1. The van der Waals surface area contributed by atoms with Gasteiger partial charge in [-0.25, -0.2) is 8.78 Å². The average molecular weight is 261 g/mol. The first-order valence-corrected chi connectivity index (χ1v) is 6.24. The molecule has 0 aromatic heterocycles. The monoisotopic (exact) mass is 261 g/mol. The molecule has 0 spiro atoms. The fourth-order valence-corrected chi connectivity index (χ4v) is 2.27. The van der Waals surface area contributed by atoms with Crippen LogP contribution >= 0.6 is 0 Å². The number of rotatable bonds is 3. The lowest BCUT2D eigenvalue weighted by Gasteiger charge is -2.15. The minimum atomic E-state index is -0.830. The Morgan fingerprint density at radius 3 is 2.37 bits per heavy atom. The highest BCUT2D eigenvalue weighted by molar-refractivity contribution is 5.34. The summed E-state index contributed by atoms with van der Waals surface area (Å²) in [5.74, 6) is -1.66. The standard InChI is InChI=1S/C16H17F2N/c1-10-3-5-13(11(2)7-10)16(19)9-12-4-6-14(17)15(18)8-12/h3-8,16H,9,19H2,1-2H3. The van der Waals surface area contributed by atoms with Crippen molar-refractivity contribution in [2.45, 2.75) is 26.3 Å². The molecule has 1 nitrogen and oxygen atoms in total. The zero-order chi connectivity index (χ0) is 14.0. The second kappa shape index (κ2) is 5.49. The zero-order valence-electron chi connectivity index (χ0n) is 11.1. The van der Waals surface area contributed by atoms with Crippen molar-refractivity contribution in [1.82, 2.24) is 0 Å². The van der Waals surface area contributed by atoms with Gasteiger partial charge >= 0.3 is 0 Å². The van der Waals surface area contributed by atoms with Crippen LogP contribution in [-0.4, -0.2) is 0 Å². The van der Waals surface area contributed by atoms with Gasteiger partial charge < -0.3 is 5.73 Å². The van der Waals surface area contributed by atoms with E-state index in [2.05, 4.69) is 6.07 Å². The van der Waals surface area contributed by atoms with E-state index in [1.165, 1.54) is 11.6 Å². The van der Waals surface area contributed by atoms with E-state index >= 15 is 0 Å². The molecule has 0 aliphatic carbocycles. The van der Waals surface area contributed by atoms with Gasteiger partial charge in [0, 0.05) is 6.04 Å². The molecule has 3 heteroatoms. The molecule has 1 atom stereocenters. The lowest BCUT2D eigenvalue weighted by molar-refractivity contribution is 0.506. The summed E-state index contributed by atoms with van der Waals surface area (Å²) in [6.07, 6.45) is 0.487. The molecule has 2 aromatic rings. The molecular formula is C16H17F2N. The highest BCUT2D eigenvalue weighted by Crippen LogP contribution is 2.21. The molecule has 0 fully saturated rings. The molecule has 0 aliphatic heterocycles. The van der Waals surface area contributed by atoms with Crippen molar-refractivity contribution < 1.29 is 8.78 Å². The van der Waals surface area contributed by atoms with E-state index in [1.54, 1.807) is 6.07 Å². The van der Waals surface area contributed by atoms with Crippen LogP contribution in [0, 0.1) is 25.5 Å². The van der Waals surface area contributed by atoms with Crippen LogP contribution in [0.5, 0.6) is 0 Å². The summed E-state index contributed by atoms with van der Waals surface area (Å²) in [7, 11) is 0. The van der Waals surface area contributed by atoms with Crippen molar-refractivity contribution in [2.75, 3.05) is 0 Å². The lowest BCUT2D eigenvalue weighted by atomic mass is 9.95. The van der Waals surface area contributed by atoms with E-state index in [-0.39, 0.29) is 6.04 Å². The maximum Gasteiger partial charge on any atom is 0.159 e. The van der Waals surface area contributed by atoms with Gasteiger partial charge in [0.25, 0.3) is 0 Å². The predicted octanol–water partition coefficient (Wildman–Crippen LogP) is 3.82. The van der Waals surface area contributed by atoms with Crippen LogP contribution in [0.25, 0.3) is 0 Å². The van der Waals surface area contributed by atoms with Crippen LogP contribution in [0.4, 0.5) is 8.78 Å². The fourth-order valence-electron chi connectivity index (χ4n) is 2.27. The maximum absolute atomic E-state index is 13.1. The Morgan fingerprint density at radius 1 is 1.00 bits per heavy atom. The summed E-state index contributed by atoms with van der Waals surface area (Å²) < 4.78 is 26.0. The van der Waals surface area contributed by atoms with Crippen LogP contribution < -0.4 is 5.73 Å². The number of benzene rings is 2. The second-order valence-corrected chi connectivity index (χ2v) is 4.92. The van der Waals surface area contributed by atoms with E-state index in [4.69, 9.17) is 5.73 Å². The van der Waals surface area contributed by atoms with E-state index in [9.17, 15) is 8.78 Å². The molecule has 2 rings (SSSR count). The Morgan fingerprint density at radius 2 is 1.74 bits per heavy atom. The SMILES string of the molecule is Cc1ccc(C(N)Cc2ccc(F)c(F)c2)c(C)c1. The number of halogens is 2. The molecule has 19 heavy (non-hydrogen) atoms. The van der Waals surface area contributed by atoms with Crippen molar-refractivity contribution in [3.8, 4) is 0 Å². The van der Waals surface area contributed by atoms with Crippen LogP contribution in [-0.2, 0) is 6.42 Å². The highest BCUT2D eigenvalue weighted by atomic mass is 19.2. The minimum absolute atomic E-state index is 0.217. The number of aryl methyl sites for hydroxylation is 2. The Balaban J connectivity index is 2.20. The molecule has 0 heterocycles. The van der Waals surface area contributed by atoms with Gasteiger partial charge in [0.05, 0.1) is 0 Å². The van der Waals surface area contributed by atoms with E-state index in [1.807, 2.05) is 26.0 Å². The molecule has 0 saturated heterocycles. The first-order chi connectivity index (χ1) is 8.97. The van der Waals surface area contributed by atoms with Gasteiger partial charge in [-0.3, -0.25) is 0 Å². The van der Waals surface area contributed by atoms with Gasteiger partial charge in [0.15, 0.2) is 11.6 Å². The van der Waals surface area contributed by atoms with E-state index in [0.717, 1.165) is 17.2 Å². The van der Waals surface area contributed by atoms with Gasteiger partial charge in [-0.15, -0.1) is 0 Å².